The van der Waals surface area contributed by atoms with E-state index in [-0.39, 0.29) is 22.9 Å². The fraction of sp³-hybridized carbons (Fsp3) is 0.739. The molecule has 6 aliphatic rings. The maximum Gasteiger partial charge on any atom is 0.231 e. The molecule has 5 nitrogen and oxygen atoms in total. The molecule has 3 heterocycles. The zero-order chi connectivity index (χ0) is 19.8. The van der Waals surface area contributed by atoms with Crippen molar-refractivity contribution in [3.05, 3.63) is 24.3 Å². The molecule has 6 fully saturated rings. The van der Waals surface area contributed by atoms with E-state index in [0.717, 1.165) is 64.5 Å². The Bertz CT molecular complexity index is 831. The first kappa shape index (κ1) is 18.1. The lowest BCUT2D eigenvalue weighted by molar-refractivity contribution is -0.167. The fourth-order valence-corrected chi connectivity index (χ4v) is 7.90. The molecule has 4 saturated carbocycles. The van der Waals surface area contributed by atoms with Crippen molar-refractivity contribution < 1.29 is 14.3 Å². The standard InChI is InChI=1S/C23H30FN3O2/c24-18-13-25-5-2-19(18)26-6-1-3-22(14-26)4-7-27(21(22)29)23-10-15-8-16(11-23)20(28)17(9-15)12-23/h2,5,13,15-17,20,28H,1,3-4,6-12,14H2/t15?,16?,17?,20?,22-,23?/m1/s1. The van der Waals surface area contributed by atoms with Gasteiger partial charge in [0.2, 0.25) is 5.91 Å². The van der Waals surface area contributed by atoms with E-state index in [0.29, 0.717) is 35.9 Å². The molecule has 2 saturated heterocycles. The highest BCUT2D eigenvalue weighted by Crippen LogP contribution is 2.59. The van der Waals surface area contributed by atoms with Crippen LogP contribution in [0.3, 0.4) is 0 Å². The summed E-state index contributed by atoms with van der Waals surface area (Å²) in [7, 11) is 0. The molecule has 1 aromatic heterocycles. The third-order valence-corrected chi connectivity index (χ3v) is 8.95. The number of halogens is 1. The zero-order valence-electron chi connectivity index (χ0n) is 16.9. The molecule has 1 spiro atoms. The minimum Gasteiger partial charge on any atom is -0.393 e. The van der Waals surface area contributed by atoms with Crippen LogP contribution in [-0.2, 0) is 4.79 Å². The molecule has 29 heavy (non-hydrogen) atoms. The van der Waals surface area contributed by atoms with Gasteiger partial charge in [-0.25, -0.2) is 4.39 Å². The molecule has 4 aliphatic carbocycles. The van der Waals surface area contributed by atoms with E-state index in [9.17, 15) is 14.3 Å². The summed E-state index contributed by atoms with van der Waals surface area (Å²) in [5.74, 6) is 1.42. The second-order valence-corrected chi connectivity index (χ2v) is 10.5. The van der Waals surface area contributed by atoms with E-state index in [1.165, 1.54) is 6.20 Å². The highest BCUT2D eigenvalue weighted by atomic mass is 19.1. The van der Waals surface area contributed by atoms with Gasteiger partial charge < -0.3 is 14.9 Å². The first-order valence-corrected chi connectivity index (χ1v) is 11.3. The van der Waals surface area contributed by atoms with Crippen LogP contribution in [0, 0.1) is 29.0 Å². The van der Waals surface area contributed by atoms with Crippen LogP contribution in [0.25, 0.3) is 0 Å². The maximum atomic E-state index is 14.3. The lowest BCUT2D eigenvalue weighted by Crippen LogP contribution is -2.65. The van der Waals surface area contributed by atoms with E-state index in [2.05, 4.69) is 14.8 Å². The quantitative estimate of drug-likeness (QED) is 0.831. The van der Waals surface area contributed by atoms with Crippen molar-refractivity contribution in [2.75, 3.05) is 24.5 Å². The van der Waals surface area contributed by atoms with Gasteiger partial charge in [0.15, 0.2) is 5.82 Å². The van der Waals surface area contributed by atoms with Crippen molar-refractivity contribution in [3.8, 4) is 0 Å². The Kier molecular flexibility index (Phi) is 3.85. The topological polar surface area (TPSA) is 56.7 Å². The molecule has 0 aromatic carbocycles. The van der Waals surface area contributed by atoms with Gasteiger partial charge in [-0.15, -0.1) is 0 Å². The molecule has 156 valence electrons. The average molecular weight is 400 g/mol. The Hall–Kier alpha value is -1.69. The van der Waals surface area contributed by atoms with Gasteiger partial charge in [0.05, 0.1) is 23.4 Å². The molecule has 4 bridgehead atoms. The molecule has 1 N–H and O–H groups in total. The van der Waals surface area contributed by atoms with Crippen molar-refractivity contribution in [1.29, 1.82) is 0 Å². The summed E-state index contributed by atoms with van der Waals surface area (Å²) in [6.45, 7) is 2.23. The summed E-state index contributed by atoms with van der Waals surface area (Å²) in [5.41, 5.74) is 0.166. The SMILES string of the molecule is O=C1N(C23CC4CC(C2)C(O)C(C4)C3)CC[C@@]12CCCN(c1ccncc1F)C2. The first-order chi connectivity index (χ1) is 14.0. The number of hydrogen-bond donors (Lipinski definition) is 1. The van der Waals surface area contributed by atoms with E-state index in [1.54, 1.807) is 12.3 Å². The number of aliphatic hydroxyl groups is 1. The Balaban J connectivity index is 1.27. The Morgan fingerprint density at radius 1 is 1.14 bits per heavy atom. The number of piperidine rings is 1. The van der Waals surface area contributed by atoms with Gasteiger partial charge in [0, 0.05) is 31.4 Å². The summed E-state index contributed by atoms with van der Waals surface area (Å²) in [4.78, 5) is 22.0. The number of amides is 1. The molecule has 1 amide bonds. The van der Waals surface area contributed by atoms with Gasteiger partial charge in [-0.3, -0.25) is 9.78 Å². The number of anilines is 1. The van der Waals surface area contributed by atoms with Crippen molar-refractivity contribution >= 4 is 11.6 Å². The van der Waals surface area contributed by atoms with E-state index in [4.69, 9.17) is 0 Å². The third kappa shape index (κ3) is 2.54. The van der Waals surface area contributed by atoms with Crippen molar-refractivity contribution in [2.45, 2.75) is 63.0 Å². The van der Waals surface area contributed by atoms with Crippen LogP contribution >= 0.6 is 0 Å². The highest BCUT2D eigenvalue weighted by Gasteiger charge is 2.62. The molecule has 6 heteroatoms. The van der Waals surface area contributed by atoms with Gasteiger partial charge in [-0.2, -0.15) is 0 Å². The van der Waals surface area contributed by atoms with E-state index >= 15 is 0 Å². The normalized spacial score (nSPS) is 43.6. The molecule has 0 radical (unpaired) electrons. The number of pyridine rings is 1. The summed E-state index contributed by atoms with van der Waals surface area (Å²) in [5, 5.41) is 10.6. The van der Waals surface area contributed by atoms with Crippen LogP contribution in [0.4, 0.5) is 10.1 Å². The van der Waals surface area contributed by atoms with Gasteiger partial charge in [0.25, 0.3) is 0 Å². The lowest BCUT2D eigenvalue weighted by atomic mass is 9.51. The largest absolute Gasteiger partial charge is 0.393 e. The summed E-state index contributed by atoms with van der Waals surface area (Å²) in [6, 6.07) is 1.73. The average Bonchev–Trinajstić information content (AvgIpc) is 3.02. The molecule has 7 rings (SSSR count). The van der Waals surface area contributed by atoms with Crippen molar-refractivity contribution in [3.63, 3.8) is 0 Å². The number of carbonyl (C=O) groups excluding carboxylic acids is 1. The summed E-state index contributed by atoms with van der Waals surface area (Å²) in [6.07, 6.45) is 10.8. The molecule has 3 atom stereocenters. The Morgan fingerprint density at radius 3 is 2.69 bits per heavy atom. The van der Waals surface area contributed by atoms with E-state index < -0.39 is 0 Å². The molecule has 2 aliphatic heterocycles. The number of aliphatic hydroxyl groups excluding tert-OH is 1. The number of hydrogen-bond acceptors (Lipinski definition) is 4. The summed E-state index contributed by atoms with van der Waals surface area (Å²) < 4.78 is 14.3. The summed E-state index contributed by atoms with van der Waals surface area (Å²) >= 11 is 0. The Labute approximate surface area is 171 Å². The molecular formula is C23H30FN3O2. The van der Waals surface area contributed by atoms with E-state index in [1.807, 2.05) is 0 Å². The second-order valence-electron chi connectivity index (χ2n) is 10.5. The number of rotatable bonds is 2. The fourth-order valence-electron chi connectivity index (χ4n) is 7.90. The van der Waals surface area contributed by atoms with Gasteiger partial charge in [-0.1, -0.05) is 0 Å². The molecular weight excluding hydrogens is 369 g/mol. The number of likely N-dealkylation sites (tertiary alicyclic amines) is 1. The van der Waals surface area contributed by atoms with Crippen LogP contribution in [0.15, 0.2) is 18.5 Å². The predicted octanol–water partition coefficient (Wildman–Crippen LogP) is 2.98. The molecule has 2 unspecified atom stereocenters. The Morgan fingerprint density at radius 2 is 1.93 bits per heavy atom. The highest BCUT2D eigenvalue weighted by molar-refractivity contribution is 5.86. The van der Waals surface area contributed by atoms with Crippen LogP contribution < -0.4 is 4.90 Å². The zero-order valence-corrected chi connectivity index (χ0v) is 16.9. The van der Waals surface area contributed by atoms with Crippen LogP contribution in [0.1, 0.15) is 51.4 Å². The minimum atomic E-state index is -0.379. The number of carbonyl (C=O) groups is 1. The van der Waals surface area contributed by atoms with Crippen LogP contribution in [-0.4, -0.2) is 52.2 Å². The lowest BCUT2D eigenvalue weighted by Gasteiger charge is -2.61. The number of aromatic nitrogens is 1. The smallest absolute Gasteiger partial charge is 0.231 e. The monoisotopic (exact) mass is 399 g/mol. The van der Waals surface area contributed by atoms with Crippen LogP contribution in [0.2, 0.25) is 0 Å². The maximum absolute atomic E-state index is 14.3. The number of nitrogens with zero attached hydrogens (tertiary/aromatic N) is 3. The van der Waals surface area contributed by atoms with Gasteiger partial charge in [0.1, 0.15) is 0 Å². The van der Waals surface area contributed by atoms with Gasteiger partial charge in [-0.05, 0) is 75.2 Å². The second kappa shape index (κ2) is 6.16. The van der Waals surface area contributed by atoms with Crippen molar-refractivity contribution in [2.24, 2.45) is 23.2 Å². The minimum absolute atomic E-state index is 0.0273. The first-order valence-electron chi connectivity index (χ1n) is 11.3. The van der Waals surface area contributed by atoms with Gasteiger partial charge >= 0.3 is 0 Å². The van der Waals surface area contributed by atoms with Crippen molar-refractivity contribution in [1.82, 2.24) is 9.88 Å². The third-order valence-electron chi connectivity index (χ3n) is 8.95. The predicted molar refractivity (Wildman–Crippen MR) is 107 cm³/mol. The van der Waals surface area contributed by atoms with Crippen LogP contribution in [0.5, 0.6) is 0 Å². The molecule has 1 aromatic rings.